The lowest BCUT2D eigenvalue weighted by Crippen LogP contribution is -2.32. The Morgan fingerprint density at radius 3 is 2.96 bits per heavy atom. The van der Waals surface area contributed by atoms with Gasteiger partial charge in [0.25, 0.3) is 0 Å². The molecule has 2 aliphatic rings. The van der Waals surface area contributed by atoms with E-state index in [1.165, 1.54) is 12.8 Å². The maximum absolute atomic E-state index is 9.44. The van der Waals surface area contributed by atoms with Crippen LogP contribution in [0.5, 0.6) is 0 Å². The minimum atomic E-state index is -0.0357. The molecule has 0 spiro atoms. The largest absolute Gasteiger partial charge is 0.425 e. The third-order valence-electron chi connectivity index (χ3n) is 5.33. The third kappa shape index (κ3) is 2.32. The van der Waals surface area contributed by atoms with Gasteiger partial charge in [0.15, 0.2) is 0 Å². The van der Waals surface area contributed by atoms with Crippen LogP contribution in [0.3, 0.4) is 0 Å². The molecular formula is C17H22N4O2. The summed E-state index contributed by atoms with van der Waals surface area (Å²) >= 11 is 0. The molecule has 122 valence electrons. The number of pyridine rings is 1. The average molecular weight is 314 g/mol. The molecule has 23 heavy (non-hydrogen) atoms. The second-order valence-electron chi connectivity index (χ2n) is 6.89. The van der Waals surface area contributed by atoms with E-state index in [2.05, 4.69) is 20.1 Å². The Labute approximate surface area is 135 Å². The summed E-state index contributed by atoms with van der Waals surface area (Å²) in [4.78, 5) is 6.98. The molecule has 1 saturated heterocycles. The van der Waals surface area contributed by atoms with Crippen LogP contribution in [0.1, 0.15) is 42.3 Å². The number of rotatable bonds is 3. The van der Waals surface area contributed by atoms with Crippen molar-refractivity contribution in [1.29, 1.82) is 0 Å². The zero-order valence-electron chi connectivity index (χ0n) is 13.6. The third-order valence-corrected chi connectivity index (χ3v) is 5.33. The van der Waals surface area contributed by atoms with Crippen LogP contribution < -0.4 is 4.90 Å². The van der Waals surface area contributed by atoms with Crippen molar-refractivity contribution in [2.24, 2.45) is 5.92 Å². The molecule has 2 atom stereocenters. The Kier molecular flexibility index (Phi) is 3.37. The van der Waals surface area contributed by atoms with E-state index < -0.39 is 0 Å². The normalized spacial score (nSPS) is 26.7. The van der Waals surface area contributed by atoms with E-state index in [-0.39, 0.29) is 12.0 Å². The number of fused-ring (bicyclic) bond motifs is 1. The van der Waals surface area contributed by atoms with Gasteiger partial charge in [-0.3, -0.25) is 0 Å². The van der Waals surface area contributed by atoms with E-state index >= 15 is 0 Å². The molecule has 4 rings (SSSR count). The lowest BCUT2D eigenvalue weighted by Gasteiger charge is -2.25. The van der Waals surface area contributed by atoms with Crippen molar-refractivity contribution in [2.75, 3.05) is 18.0 Å². The number of aromatic nitrogens is 3. The van der Waals surface area contributed by atoms with Crippen LogP contribution in [-0.2, 0) is 12.0 Å². The number of anilines is 1. The topological polar surface area (TPSA) is 75.3 Å². The molecule has 0 bridgehead atoms. The Bertz CT molecular complexity index is 729. The fraction of sp³-hybridized carbons (Fsp3) is 0.588. The molecule has 6 nitrogen and oxygen atoms in total. The summed E-state index contributed by atoms with van der Waals surface area (Å²) < 4.78 is 5.82. The van der Waals surface area contributed by atoms with Gasteiger partial charge in [0.2, 0.25) is 11.8 Å². The van der Waals surface area contributed by atoms with Crippen molar-refractivity contribution in [1.82, 2.24) is 15.2 Å². The van der Waals surface area contributed by atoms with Gasteiger partial charge in [0.1, 0.15) is 5.82 Å². The van der Waals surface area contributed by atoms with Crippen molar-refractivity contribution >= 4 is 5.82 Å². The van der Waals surface area contributed by atoms with Crippen LogP contribution in [0.2, 0.25) is 0 Å². The predicted molar refractivity (Wildman–Crippen MR) is 85.2 cm³/mol. The smallest absolute Gasteiger partial charge is 0.224 e. The van der Waals surface area contributed by atoms with Crippen molar-refractivity contribution in [3.63, 3.8) is 0 Å². The summed E-state index contributed by atoms with van der Waals surface area (Å²) in [6, 6.07) is 3.92. The molecule has 0 radical (unpaired) electrons. The van der Waals surface area contributed by atoms with Crippen molar-refractivity contribution in [2.45, 2.75) is 45.1 Å². The maximum Gasteiger partial charge on any atom is 0.224 e. The summed E-state index contributed by atoms with van der Waals surface area (Å²) in [5.41, 5.74) is 1.81. The molecule has 0 aromatic carbocycles. The quantitative estimate of drug-likeness (QED) is 0.935. The predicted octanol–water partition coefficient (Wildman–Crippen LogP) is 2.13. The first-order chi connectivity index (χ1) is 11.1. The van der Waals surface area contributed by atoms with Crippen molar-refractivity contribution in [3.8, 4) is 0 Å². The zero-order valence-corrected chi connectivity index (χ0v) is 13.6. The van der Waals surface area contributed by atoms with Gasteiger partial charge in [-0.1, -0.05) is 6.42 Å². The SMILES string of the molecule is Cc1cc(CO)cc(N2C[C@@H]3CCC[C@]3(c3nnc(C)o3)C2)n1. The van der Waals surface area contributed by atoms with Gasteiger partial charge in [-0.2, -0.15) is 0 Å². The van der Waals surface area contributed by atoms with Crippen LogP contribution in [0.25, 0.3) is 0 Å². The number of hydrogen-bond acceptors (Lipinski definition) is 6. The summed E-state index contributed by atoms with van der Waals surface area (Å²) in [5, 5.41) is 17.8. The first kappa shape index (κ1) is 14.6. The fourth-order valence-electron chi connectivity index (χ4n) is 4.29. The molecule has 1 N–H and O–H groups in total. The lowest BCUT2D eigenvalue weighted by atomic mass is 9.80. The number of aliphatic hydroxyl groups is 1. The van der Waals surface area contributed by atoms with Crippen LogP contribution in [-0.4, -0.2) is 33.4 Å². The number of nitrogens with zero attached hydrogens (tertiary/aromatic N) is 4. The number of aliphatic hydroxyl groups excluding tert-OH is 1. The first-order valence-electron chi connectivity index (χ1n) is 8.25. The number of hydrogen-bond donors (Lipinski definition) is 1. The van der Waals surface area contributed by atoms with Gasteiger partial charge in [-0.25, -0.2) is 4.98 Å². The highest BCUT2D eigenvalue weighted by Gasteiger charge is 2.54. The Balaban J connectivity index is 1.68. The summed E-state index contributed by atoms with van der Waals surface area (Å²) in [5.74, 6) is 2.89. The van der Waals surface area contributed by atoms with Crippen molar-refractivity contribution in [3.05, 3.63) is 35.2 Å². The second kappa shape index (κ2) is 5.30. The van der Waals surface area contributed by atoms with E-state index in [1.807, 2.05) is 26.0 Å². The van der Waals surface area contributed by atoms with E-state index in [0.29, 0.717) is 11.8 Å². The molecule has 0 amide bonds. The summed E-state index contributed by atoms with van der Waals surface area (Å²) in [6.45, 7) is 5.68. The Morgan fingerprint density at radius 1 is 1.35 bits per heavy atom. The molecular weight excluding hydrogens is 292 g/mol. The van der Waals surface area contributed by atoms with E-state index in [4.69, 9.17) is 4.42 Å². The zero-order chi connectivity index (χ0) is 16.0. The fourth-order valence-corrected chi connectivity index (χ4v) is 4.29. The maximum atomic E-state index is 9.44. The van der Waals surface area contributed by atoms with Gasteiger partial charge in [-0.05, 0) is 43.4 Å². The van der Waals surface area contributed by atoms with Crippen LogP contribution >= 0.6 is 0 Å². The summed E-state index contributed by atoms with van der Waals surface area (Å²) in [7, 11) is 0. The molecule has 2 aromatic rings. The summed E-state index contributed by atoms with van der Waals surface area (Å²) in [6.07, 6.45) is 3.49. The standard InChI is InChI=1S/C17H22N4O2/c1-11-6-13(9-22)7-15(18-11)21-8-14-4-3-5-17(14,10-21)16-20-19-12(2)23-16/h6-7,14,22H,3-5,8-10H2,1-2H3/t14-,17-/m0/s1. The minimum absolute atomic E-state index is 0.0357. The molecule has 6 heteroatoms. The highest BCUT2D eigenvalue weighted by Crippen LogP contribution is 2.50. The van der Waals surface area contributed by atoms with Crippen LogP contribution in [0.15, 0.2) is 16.5 Å². The highest BCUT2D eigenvalue weighted by atomic mass is 16.4. The van der Waals surface area contributed by atoms with E-state index in [1.54, 1.807) is 0 Å². The molecule has 1 aliphatic carbocycles. The molecule has 1 aliphatic heterocycles. The second-order valence-corrected chi connectivity index (χ2v) is 6.89. The monoisotopic (exact) mass is 314 g/mol. The van der Waals surface area contributed by atoms with Gasteiger partial charge >= 0.3 is 0 Å². The lowest BCUT2D eigenvalue weighted by molar-refractivity contribution is 0.281. The van der Waals surface area contributed by atoms with E-state index in [9.17, 15) is 5.11 Å². The highest BCUT2D eigenvalue weighted by molar-refractivity contribution is 5.46. The van der Waals surface area contributed by atoms with Gasteiger partial charge in [-0.15, -0.1) is 10.2 Å². The molecule has 3 heterocycles. The minimum Gasteiger partial charge on any atom is -0.425 e. The van der Waals surface area contributed by atoms with Crippen LogP contribution in [0, 0.1) is 19.8 Å². The van der Waals surface area contributed by atoms with Crippen molar-refractivity contribution < 1.29 is 9.52 Å². The molecule has 2 fully saturated rings. The van der Waals surface area contributed by atoms with Gasteiger partial charge in [0.05, 0.1) is 12.0 Å². The van der Waals surface area contributed by atoms with Gasteiger partial charge < -0.3 is 14.4 Å². The Morgan fingerprint density at radius 2 is 2.22 bits per heavy atom. The van der Waals surface area contributed by atoms with Crippen LogP contribution in [0.4, 0.5) is 5.82 Å². The van der Waals surface area contributed by atoms with E-state index in [0.717, 1.165) is 42.5 Å². The Hall–Kier alpha value is -1.95. The first-order valence-corrected chi connectivity index (χ1v) is 8.25. The molecule has 2 aromatic heterocycles. The van der Waals surface area contributed by atoms with Gasteiger partial charge in [0, 0.05) is 25.7 Å². The molecule has 1 saturated carbocycles. The number of aryl methyl sites for hydroxylation is 2. The average Bonchev–Trinajstić information content (AvgIpc) is 3.19. The molecule has 0 unspecified atom stereocenters.